The molecule has 9 heteroatoms. The SMILES string of the molecule is Nc1nnc(CCc2cc(Cl)c(OCc3ccc(Cl)c(Cl)c3)c(Br)c2)o1. The van der Waals surface area contributed by atoms with Gasteiger partial charge in [-0.1, -0.05) is 46.0 Å². The molecule has 26 heavy (non-hydrogen) atoms. The summed E-state index contributed by atoms with van der Waals surface area (Å²) in [5.41, 5.74) is 7.30. The topological polar surface area (TPSA) is 74.2 Å². The van der Waals surface area contributed by atoms with Crippen molar-refractivity contribution in [1.29, 1.82) is 0 Å². The zero-order valence-corrected chi connectivity index (χ0v) is 17.2. The number of hydrogen-bond donors (Lipinski definition) is 1. The first-order valence-electron chi connectivity index (χ1n) is 7.55. The van der Waals surface area contributed by atoms with Gasteiger partial charge in [0.05, 0.1) is 19.5 Å². The van der Waals surface area contributed by atoms with Crippen LogP contribution in [0, 0.1) is 0 Å². The molecule has 2 N–H and O–H groups in total. The maximum absolute atomic E-state index is 6.37. The van der Waals surface area contributed by atoms with E-state index in [1.54, 1.807) is 12.1 Å². The van der Waals surface area contributed by atoms with Gasteiger partial charge in [0.25, 0.3) is 0 Å². The molecule has 5 nitrogen and oxygen atoms in total. The molecule has 0 amide bonds. The molecule has 1 heterocycles. The van der Waals surface area contributed by atoms with Gasteiger partial charge in [-0.15, -0.1) is 5.10 Å². The second-order valence-electron chi connectivity index (χ2n) is 5.46. The number of halogens is 4. The quantitative estimate of drug-likeness (QED) is 0.490. The third-order valence-corrected chi connectivity index (χ3v) is 5.14. The van der Waals surface area contributed by atoms with E-state index in [1.807, 2.05) is 18.2 Å². The fourth-order valence-corrected chi connectivity index (χ4v) is 3.65. The van der Waals surface area contributed by atoms with Gasteiger partial charge in [-0.2, -0.15) is 0 Å². The summed E-state index contributed by atoms with van der Waals surface area (Å²) in [6.07, 6.45) is 1.24. The molecule has 136 valence electrons. The number of nitrogen functional groups attached to an aromatic ring is 1. The highest BCUT2D eigenvalue weighted by atomic mass is 79.9. The second kappa shape index (κ2) is 8.48. The van der Waals surface area contributed by atoms with Crippen molar-refractivity contribution >= 4 is 56.7 Å². The van der Waals surface area contributed by atoms with E-state index in [0.29, 0.717) is 46.2 Å². The van der Waals surface area contributed by atoms with E-state index < -0.39 is 0 Å². The van der Waals surface area contributed by atoms with Crippen molar-refractivity contribution in [2.75, 3.05) is 5.73 Å². The molecule has 0 saturated carbocycles. The van der Waals surface area contributed by atoms with Crippen molar-refractivity contribution in [3.8, 4) is 5.75 Å². The van der Waals surface area contributed by atoms with Crippen molar-refractivity contribution in [2.24, 2.45) is 0 Å². The molecular weight excluding hydrogens is 464 g/mol. The number of benzene rings is 2. The fourth-order valence-electron chi connectivity index (χ4n) is 2.30. The van der Waals surface area contributed by atoms with Crippen LogP contribution in [0.2, 0.25) is 15.1 Å². The fraction of sp³-hybridized carbons (Fsp3) is 0.176. The Morgan fingerprint density at radius 3 is 2.38 bits per heavy atom. The third kappa shape index (κ3) is 4.82. The Bertz CT molecular complexity index is 910. The van der Waals surface area contributed by atoms with E-state index in [2.05, 4.69) is 26.1 Å². The summed E-state index contributed by atoms with van der Waals surface area (Å²) in [7, 11) is 0. The molecule has 3 aromatic rings. The first-order valence-corrected chi connectivity index (χ1v) is 9.47. The Balaban J connectivity index is 1.67. The lowest BCUT2D eigenvalue weighted by Gasteiger charge is -2.12. The summed E-state index contributed by atoms with van der Waals surface area (Å²) in [5.74, 6) is 1.04. The molecule has 0 aliphatic carbocycles. The van der Waals surface area contributed by atoms with E-state index >= 15 is 0 Å². The van der Waals surface area contributed by atoms with Gasteiger partial charge in [-0.25, -0.2) is 0 Å². The van der Waals surface area contributed by atoms with Gasteiger partial charge in [0.1, 0.15) is 6.61 Å². The lowest BCUT2D eigenvalue weighted by atomic mass is 10.1. The minimum Gasteiger partial charge on any atom is -0.486 e. The van der Waals surface area contributed by atoms with Crippen LogP contribution in [0.1, 0.15) is 17.0 Å². The maximum Gasteiger partial charge on any atom is 0.312 e. The predicted octanol–water partition coefficient (Wildman–Crippen LogP) is 5.74. The normalized spacial score (nSPS) is 10.9. The number of nitrogens with zero attached hydrogens (tertiary/aromatic N) is 2. The van der Waals surface area contributed by atoms with Crippen LogP contribution in [-0.4, -0.2) is 10.2 Å². The van der Waals surface area contributed by atoms with E-state index in [4.69, 9.17) is 49.7 Å². The zero-order valence-electron chi connectivity index (χ0n) is 13.3. The largest absolute Gasteiger partial charge is 0.486 e. The van der Waals surface area contributed by atoms with Crippen LogP contribution < -0.4 is 10.5 Å². The van der Waals surface area contributed by atoms with Crippen molar-refractivity contribution in [2.45, 2.75) is 19.4 Å². The summed E-state index contributed by atoms with van der Waals surface area (Å²) in [6, 6.07) is 9.18. The number of hydrogen-bond acceptors (Lipinski definition) is 5. The highest BCUT2D eigenvalue weighted by Crippen LogP contribution is 2.35. The molecule has 0 aliphatic heterocycles. The molecule has 0 unspecified atom stereocenters. The van der Waals surface area contributed by atoms with E-state index in [9.17, 15) is 0 Å². The molecule has 0 bridgehead atoms. The molecule has 1 aromatic heterocycles. The molecular formula is C17H13BrCl3N3O2. The standard InChI is InChI=1S/C17H13BrCl3N3O2/c18-11-5-9(2-4-15-23-24-17(22)26-15)6-14(21)16(11)25-8-10-1-3-12(19)13(20)7-10/h1,3,5-7H,2,4,8H2,(H2,22,24). The Hall–Kier alpha value is -1.47. The van der Waals surface area contributed by atoms with Crippen LogP contribution in [-0.2, 0) is 19.4 Å². The van der Waals surface area contributed by atoms with Gasteiger partial charge < -0.3 is 14.9 Å². The maximum atomic E-state index is 6.37. The number of ether oxygens (including phenoxy) is 1. The predicted molar refractivity (Wildman–Crippen MR) is 106 cm³/mol. The van der Waals surface area contributed by atoms with E-state index in [-0.39, 0.29) is 6.01 Å². The summed E-state index contributed by atoms with van der Waals surface area (Å²) in [4.78, 5) is 0. The number of aromatic nitrogens is 2. The van der Waals surface area contributed by atoms with Gasteiger partial charge in [0, 0.05) is 6.42 Å². The van der Waals surface area contributed by atoms with Crippen molar-refractivity contribution in [1.82, 2.24) is 10.2 Å². The van der Waals surface area contributed by atoms with Gasteiger partial charge in [0.15, 0.2) is 5.75 Å². The van der Waals surface area contributed by atoms with Crippen molar-refractivity contribution in [3.63, 3.8) is 0 Å². The number of rotatable bonds is 6. The molecule has 0 saturated heterocycles. The molecule has 0 aliphatic rings. The molecule has 0 fully saturated rings. The smallest absolute Gasteiger partial charge is 0.312 e. The van der Waals surface area contributed by atoms with Gasteiger partial charge in [-0.3, -0.25) is 0 Å². The Kier molecular flexibility index (Phi) is 6.29. The van der Waals surface area contributed by atoms with Gasteiger partial charge in [0.2, 0.25) is 5.89 Å². The average Bonchev–Trinajstić information content (AvgIpc) is 3.01. The highest BCUT2D eigenvalue weighted by molar-refractivity contribution is 9.10. The van der Waals surface area contributed by atoms with Gasteiger partial charge in [-0.05, 0) is 57.7 Å². The Morgan fingerprint density at radius 2 is 1.73 bits per heavy atom. The number of aryl methyl sites for hydroxylation is 2. The summed E-state index contributed by atoms with van der Waals surface area (Å²) in [6.45, 7) is 0.315. The minimum absolute atomic E-state index is 0.0604. The first-order chi connectivity index (χ1) is 12.4. The monoisotopic (exact) mass is 475 g/mol. The van der Waals surface area contributed by atoms with Crippen molar-refractivity contribution in [3.05, 3.63) is 66.9 Å². The molecule has 0 atom stereocenters. The number of anilines is 1. The first kappa shape index (κ1) is 19.3. The van der Waals surface area contributed by atoms with Crippen molar-refractivity contribution < 1.29 is 9.15 Å². The Labute approximate surface area is 173 Å². The average molecular weight is 478 g/mol. The van der Waals surface area contributed by atoms with Crippen LogP contribution in [0.4, 0.5) is 6.01 Å². The molecule has 0 spiro atoms. The summed E-state index contributed by atoms with van der Waals surface area (Å²) < 4.78 is 11.7. The summed E-state index contributed by atoms with van der Waals surface area (Å²) in [5, 5.41) is 8.95. The second-order valence-corrected chi connectivity index (χ2v) is 7.54. The van der Waals surface area contributed by atoms with E-state index in [0.717, 1.165) is 15.6 Å². The van der Waals surface area contributed by atoms with Crippen LogP contribution in [0.3, 0.4) is 0 Å². The van der Waals surface area contributed by atoms with Crippen LogP contribution in [0.15, 0.2) is 39.2 Å². The zero-order chi connectivity index (χ0) is 18.7. The van der Waals surface area contributed by atoms with E-state index in [1.165, 1.54) is 0 Å². The van der Waals surface area contributed by atoms with Crippen LogP contribution >= 0.6 is 50.7 Å². The summed E-state index contributed by atoms with van der Waals surface area (Å²) >= 11 is 21.8. The minimum atomic E-state index is 0.0604. The molecule has 2 aromatic carbocycles. The van der Waals surface area contributed by atoms with Crippen LogP contribution in [0.5, 0.6) is 5.75 Å². The highest BCUT2D eigenvalue weighted by Gasteiger charge is 2.12. The lowest BCUT2D eigenvalue weighted by Crippen LogP contribution is -1.99. The third-order valence-electron chi connectivity index (χ3n) is 3.54. The molecule has 3 rings (SSSR count). The number of nitrogens with two attached hydrogens (primary N) is 1. The lowest BCUT2D eigenvalue weighted by molar-refractivity contribution is 0.304. The Morgan fingerprint density at radius 1 is 0.962 bits per heavy atom. The van der Waals surface area contributed by atoms with Crippen LogP contribution in [0.25, 0.3) is 0 Å². The molecule has 0 radical (unpaired) electrons. The van der Waals surface area contributed by atoms with Gasteiger partial charge >= 0.3 is 6.01 Å².